The molecule has 0 unspecified atom stereocenters. The lowest BCUT2D eigenvalue weighted by Crippen LogP contribution is -2.60. The van der Waals surface area contributed by atoms with Crippen LogP contribution < -0.4 is 20.1 Å². The van der Waals surface area contributed by atoms with Crippen LogP contribution in [0.4, 0.5) is 8.78 Å². The summed E-state index contributed by atoms with van der Waals surface area (Å²) in [6, 6.07) is 19.3. The largest absolute Gasteiger partial charge is 0.586 e. The lowest BCUT2D eigenvalue weighted by molar-refractivity contribution is -0.287. The van der Waals surface area contributed by atoms with Crippen LogP contribution in [0.3, 0.4) is 0 Å². The van der Waals surface area contributed by atoms with Gasteiger partial charge in [-0.05, 0) is 60.2 Å². The Balaban J connectivity index is 1.13. The fraction of sp³-hybridized carbons (Fsp3) is 0.400. The van der Waals surface area contributed by atoms with Crippen LogP contribution in [0.5, 0.6) is 11.5 Å². The maximum Gasteiger partial charge on any atom is 0.586 e. The Labute approximate surface area is 277 Å². The van der Waals surface area contributed by atoms with Crippen LogP contribution in [0.15, 0.2) is 66.2 Å². The number of rotatable bonds is 10. The number of hydrogen-bond donors (Lipinski definition) is 2. The topological polar surface area (TPSA) is 66.1 Å². The number of piperazine rings is 1. The van der Waals surface area contributed by atoms with Gasteiger partial charge in [0.2, 0.25) is 0 Å². The summed E-state index contributed by atoms with van der Waals surface area (Å²) in [6.07, 6.45) is -0.961. The molecule has 7 nitrogen and oxygen atoms in total. The number of nitrogens with one attached hydrogen (secondary N) is 2. The first-order valence-corrected chi connectivity index (χ1v) is 16.6. The summed E-state index contributed by atoms with van der Waals surface area (Å²) in [4.78, 5) is 18.6. The normalized spacial score (nSPS) is 21.5. The van der Waals surface area contributed by atoms with E-state index in [9.17, 15) is 13.6 Å². The van der Waals surface area contributed by atoms with Crippen LogP contribution in [0.1, 0.15) is 48.4 Å². The number of nitrogens with zero attached hydrogens (tertiary/aromatic N) is 2. The molecule has 3 aliphatic heterocycles. The minimum atomic E-state index is -3.65. The van der Waals surface area contributed by atoms with Crippen LogP contribution in [0.25, 0.3) is 5.57 Å². The summed E-state index contributed by atoms with van der Waals surface area (Å²) < 4.78 is 36.9. The van der Waals surface area contributed by atoms with Crippen LogP contribution >= 0.6 is 23.2 Å². The Kier molecular flexibility index (Phi) is 8.71. The Morgan fingerprint density at radius 3 is 2.48 bits per heavy atom. The molecule has 3 aromatic rings. The maximum atomic E-state index is 14.5. The second kappa shape index (κ2) is 12.8. The molecule has 3 heterocycles. The third-order valence-corrected chi connectivity index (χ3v) is 10.1. The molecule has 0 aromatic heterocycles. The van der Waals surface area contributed by atoms with Crippen molar-refractivity contribution in [2.24, 2.45) is 0 Å². The molecule has 4 aliphatic rings. The highest BCUT2D eigenvalue weighted by atomic mass is 35.5. The zero-order valence-corrected chi connectivity index (χ0v) is 27.0. The molecule has 2 N–H and O–H groups in total. The molecule has 2 bridgehead atoms. The van der Waals surface area contributed by atoms with E-state index in [1.54, 1.807) is 18.2 Å². The molecule has 242 valence electrons. The maximum absolute atomic E-state index is 14.5. The van der Waals surface area contributed by atoms with Gasteiger partial charge in [0.25, 0.3) is 5.91 Å². The molecule has 1 saturated heterocycles. The Morgan fingerprint density at radius 2 is 1.72 bits per heavy atom. The summed E-state index contributed by atoms with van der Waals surface area (Å²) >= 11 is 12.9. The zero-order chi connectivity index (χ0) is 32.0. The highest BCUT2D eigenvalue weighted by Gasteiger charge is 2.45. The third-order valence-electron chi connectivity index (χ3n) is 9.21. The number of ether oxygens (including phenoxy) is 2. The molecule has 11 heteroatoms. The van der Waals surface area contributed by atoms with Crippen molar-refractivity contribution in [1.29, 1.82) is 0 Å². The molecule has 3 aromatic carbocycles. The zero-order valence-electron chi connectivity index (χ0n) is 25.5. The van der Waals surface area contributed by atoms with Gasteiger partial charge in [0.1, 0.15) is 0 Å². The first kappa shape index (κ1) is 31.4. The van der Waals surface area contributed by atoms with E-state index in [1.165, 1.54) is 6.07 Å². The number of alkyl halides is 2. The SMILES string of the molecule is CCN(Cc1ccc(C2=C(C(=O)N(Cc3cccc(Cl)c3Cl)C3CC3)[C@H]3CNC[C@H](C2)N3)cc1)Cc1cccc2c1OC(F)(F)O2. The smallest absolute Gasteiger partial charge is 0.395 e. The lowest BCUT2D eigenvalue weighted by atomic mass is 9.83. The first-order chi connectivity index (χ1) is 22.2. The van der Waals surface area contributed by atoms with Crippen molar-refractivity contribution in [3.63, 3.8) is 0 Å². The van der Waals surface area contributed by atoms with Crippen molar-refractivity contribution < 1.29 is 23.0 Å². The molecule has 1 saturated carbocycles. The Morgan fingerprint density at radius 1 is 0.957 bits per heavy atom. The molecule has 7 rings (SSSR count). The van der Waals surface area contributed by atoms with Gasteiger partial charge in [0.15, 0.2) is 11.5 Å². The minimum absolute atomic E-state index is 0.0431. The lowest BCUT2D eigenvalue weighted by Gasteiger charge is -2.41. The van der Waals surface area contributed by atoms with E-state index in [2.05, 4.69) is 44.5 Å². The van der Waals surface area contributed by atoms with Crippen molar-refractivity contribution >= 4 is 34.7 Å². The number of benzene rings is 3. The number of carbonyl (C=O) groups excluding carboxylic acids is 1. The number of halogens is 4. The predicted molar refractivity (Wildman–Crippen MR) is 174 cm³/mol. The summed E-state index contributed by atoms with van der Waals surface area (Å²) in [6.45, 7) is 5.74. The minimum Gasteiger partial charge on any atom is -0.395 e. The van der Waals surface area contributed by atoms with Gasteiger partial charge in [-0.25, -0.2) is 0 Å². The molecule has 1 amide bonds. The number of fused-ring (bicyclic) bond motifs is 3. The van der Waals surface area contributed by atoms with Gasteiger partial charge >= 0.3 is 6.29 Å². The fourth-order valence-electron chi connectivity index (χ4n) is 6.74. The number of para-hydroxylation sites is 1. The molecule has 46 heavy (non-hydrogen) atoms. The van der Waals surface area contributed by atoms with Crippen LogP contribution in [-0.2, 0) is 24.4 Å². The van der Waals surface area contributed by atoms with Crippen molar-refractivity contribution in [2.45, 2.75) is 70.2 Å². The van der Waals surface area contributed by atoms with Crippen molar-refractivity contribution in [3.05, 3.63) is 98.5 Å². The first-order valence-electron chi connectivity index (χ1n) is 15.8. The summed E-state index contributed by atoms with van der Waals surface area (Å²) in [5.41, 5.74) is 5.51. The summed E-state index contributed by atoms with van der Waals surface area (Å²) in [7, 11) is 0. The average Bonchev–Trinajstić information content (AvgIpc) is 3.82. The highest BCUT2D eigenvalue weighted by Crippen LogP contribution is 2.44. The summed E-state index contributed by atoms with van der Waals surface area (Å²) in [5, 5.41) is 8.16. The number of amides is 1. The standard InChI is InChI=1S/C35H36Cl2F2N4O3/c1-2-42(19-24-6-4-8-30-33(24)46-35(38,39)45-30)18-21-9-11-22(12-10-21)27-15-25-16-40-17-29(41-25)31(27)34(44)43(26-13-14-26)20-23-5-3-7-28(36)32(23)37/h3-12,25-26,29,40-41H,2,13-20H2,1H3/t25-,29+/m0/s1. The monoisotopic (exact) mass is 668 g/mol. The Hall–Kier alpha value is -3.21. The van der Waals surface area contributed by atoms with E-state index in [1.807, 2.05) is 24.0 Å². The van der Waals surface area contributed by atoms with Gasteiger partial charge in [-0.15, -0.1) is 8.78 Å². The van der Waals surface area contributed by atoms with Gasteiger partial charge in [-0.1, -0.05) is 78.7 Å². The second-order valence-corrected chi connectivity index (χ2v) is 13.2. The molecule has 0 spiro atoms. The Bertz CT molecular complexity index is 1660. The highest BCUT2D eigenvalue weighted by molar-refractivity contribution is 6.42. The van der Waals surface area contributed by atoms with Crippen molar-refractivity contribution in [3.8, 4) is 11.5 Å². The molecule has 2 fully saturated rings. The van der Waals surface area contributed by atoms with Gasteiger partial charge in [0, 0.05) is 55.9 Å². The van der Waals surface area contributed by atoms with Crippen LogP contribution in [0, 0.1) is 0 Å². The van der Waals surface area contributed by atoms with Crippen molar-refractivity contribution in [2.75, 3.05) is 19.6 Å². The average molecular weight is 670 g/mol. The van der Waals surface area contributed by atoms with E-state index in [0.717, 1.165) is 53.6 Å². The predicted octanol–water partition coefficient (Wildman–Crippen LogP) is 6.62. The van der Waals surface area contributed by atoms with E-state index in [0.29, 0.717) is 48.3 Å². The third kappa shape index (κ3) is 6.49. The van der Waals surface area contributed by atoms with Gasteiger partial charge < -0.3 is 25.0 Å². The molecule has 0 radical (unpaired) electrons. The van der Waals surface area contributed by atoms with Crippen molar-refractivity contribution in [1.82, 2.24) is 20.4 Å². The molecular weight excluding hydrogens is 633 g/mol. The van der Waals surface area contributed by atoms with Gasteiger partial charge in [-0.2, -0.15) is 0 Å². The second-order valence-electron chi connectivity index (χ2n) is 12.5. The van der Waals surface area contributed by atoms with E-state index in [-0.39, 0.29) is 35.5 Å². The summed E-state index contributed by atoms with van der Waals surface area (Å²) in [5.74, 6) is 0.190. The molecule has 1 aliphatic carbocycles. The van der Waals surface area contributed by atoms with E-state index >= 15 is 0 Å². The van der Waals surface area contributed by atoms with E-state index < -0.39 is 6.29 Å². The van der Waals surface area contributed by atoms with E-state index in [4.69, 9.17) is 27.9 Å². The van der Waals surface area contributed by atoms with Crippen LogP contribution in [-0.4, -0.2) is 59.8 Å². The molecule has 2 atom stereocenters. The van der Waals surface area contributed by atoms with Gasteiger partial charge in [-0.3, -0.25) is 9.69 Å². The quantitative estimate of drug-likeness (QED) is 0.253. The number of hydrogen-bond acceptors (Lipinski definition) is 6. The number of carbonyl (C=O) groups is 1. The van der Waals surface area contributed by atoms with Gasteiger partial charge in [0.05, 0.1) is 16.1 Å². The fourth-order valence-corrected chi connectivity index (χ4v) is 7.12. The molecular formula is C35H36Cl2F2N4O3. The van der Waals surface area contributed by atoms with Crippen LogP contribution in [0.2, 0.25) is 10.0 Å².